The van der Waals surface area contributed by atoms with E-state index in [1.807, 2.05) is 6.07 Å². The van der Waals surface area contributed by atoms with Gasteiger partial charge in [0.15, 0.2) is 5.58 Å². The number of likely N-dealkylation sites (tertiary alicyclic amines) is 1. The van der Waals surface area contributed by atoms with Crippen molar-refractivity contribution in [1.29, 1.82) is 0 Å². The maximum atomic E-state index is 13.5. The largest absolute Gasteiger partial charge is 0.372 e. The molecule has 0 amide bonds. The number of benzene rings is 2. The van der Waals surface area contributed by atoms with Crippen LogP contribution in [0.5, 0.6) is 0 Å². The van der Waals surface area contributed by atoms with Crippen LogP contribution in [0.15, 0.2) is 47.0 Å². The highest BCUT2D eigenvalue weighted by Gasteiger charge is 2.38. The molecule has 2 aliphatic rings. The van der Waals surface area contributed by atoms with Crippen LogP contribution in [0, 0.1) is 5.82 Å². The lowest BCUT2D eigenvalue weighted by atomic mass is 9.88. The number of anilines is 1. The number of hydrogen-bond acceptors (Lipinski definition) is 5. The number of hydrogen-bond donors (Lipinski definition) is 1. The van der Waals surface area contributed by atoms with Crippen LogP contribution in [-0.4, -0.2) is 47.1 Å². The smallest absolute Gasteiger partial charge is 0.170 e. The average Bonchev–Trinajstić information content (AvgIpc) is 3.19. The number of halogens is 1. The van der Waals surface area contributed by atoms with Gasteiger partial charge in [0.25, 0.3) is 0 Å². The van der Waals surface area contributed by atoms with Crippen molar-refractivity contribution in [3.63, 3.8) is 0 Å². The summed E-state index contributed by atoms with van der Waals surface area (Å²) in [7, 11) is 0. The molecule has 6 heteroatoms. The third kappa shape index (κ3) is 3.38. The van der Waals surface area contributed by atoms with Crippen LogP contribution in [-0.2, 0) is 6.42 Å². The molecule has 1 N–H and O–H groups in total. The van der Waals surface area contributed by atoms with Crippen molar-refractivity contribution < 1.29 is 14.0 Å². The molecule has 3 aromatic rings. The Labute approximate surface area is 176 Å². The quantitative estimate of drug-likeness (QED) is 0.696. The SMILES string of the molecule is CCCN1c2ccccc2CC(N2CCC(c3noc4cc(F)ccc34)CC2)C1O. The summed E-state index contributed by atoms with van der Waals surface area (Å²) >= 11 is 0. The minimum atomic E-state index is -0.493. The molecule has 0 bridgehead atoms. The van der Waals surface area contributed by atoms with E-state index in [4.69, 9.17) is 4.52 Å². The number of para-hydroxylation sites is 1. The van der Waals surface area contributed by atoms with Gasteiger partial charge in [0.1, 0.15) is 12.0 Å². The molecule has 0 saturated carbocycles. The maximum Gasteiger partial charge on any atom is 0.170 e. The van der Waals surface area contributed by atoms with Gasteiger partial charge >= 0.3 is 0 Å². The van der Waals surface area contributed by atoms with E-state index < -0.39 is 6.23 Å². The maximum absolute atomic E-state index is 13.5. The third-order valence-corrected chi connectivity index (χ3v) is 6.71. The van der Waals surface area contributed by atoms with E-state index >= 15 is 0 Å². The fraction of sp³-hybridized carbons (Fsp3) is 0.458. The Morgan fingerprint density at radius 3 is 2.77 bits per heavy atom. The van der Waals surface area contributed by atoms with Gasteiger partial charge in [0.2, 0.25) is 0 Å². The molecule has 2 unspecified atom stereocenters. The minimum absolute atomic E-state index is 0.0931. The van der Waals surface area contributed by atoms with Crippen LogP contribution < -0.4 is 4.90 Å². The summed E-state index contributed by atoms with van der Waals surface area (Å²) in [4.78, 5) is 4.59. The van der Waals surface area contributed by atoms with Crippen molar-refractivity contribution >= 4 is 16.7 Å². The van der Waals surface area contributed by atoms with Crippen LogP contribution in [0.1, 0.15) is 43.4 Å². The molecular weight excluding hydrogens is 381 g/mol. The molecule has 5 rings (SSSR count). The highest BCUT2D eigenvalue weighted by atomic mass is 19.1. The molecule has 158 valence electrons. The molecule has 5 nitrogen and oxygen atoms in total. The number of fused-ring (bicyclic) bond motifs is 2. The van der Waals surface area contributed by atoms with Crippen LogP contribution in [0.25, 0.3) is 11.0 Å². The summed E-state index contributed by atoms with van der Waals surface area (Å²) in [6.07, 6.45) is 3.29. The summed E-state index contributed by atoms with van der Waals surface area (Å²) < 4.78 is 18.8. The topological polar surface area (TPSA) is 52.7 Å². The van der Waals surface area contributed by atoms with Crippen molar-refractivity contribution in [2.24, 2.45) is 0 Å². The molecule has 3 heterocycles. The fourth-order valence-corrected chi connectivity index (χ4v) is 5.19. The second-order valence-corrected chi connectivity index (χ2v) is 8.53. The van der Waals surface area contributed by atoms with Crippen LogP contribution in [0.4, 0.5) is 10.1 Å². The molecule has 0 aliphatic carbocycles. The first-order chi connectivity index (χ1) is 14.7. The monoisotopic (exact) mass is 409 g/mol. The van der Waals surface area contributed by atoms with E-state index in [1.165, 1.54) is 23.4 Å². The summed E-state index contributed by atoms with van der Waals surface area (Å²) in [5.74, 6) is -0.00375. The van der Waals surface area contributed by atoms with Crippen LogP contribution in [0.2, 0.25) is 0 Å². The van der Waals surface area contributed by atoms with Gasteiger partial charge in [0, 0.05) is 29.6 Å². The number of aromatic nitrogens is 1. The second-order valence-electron chi connectivity index (χ2n) is 8.53. The zero-order chi connectivity index (χ0) is 20.7. The van der Waals surface area contributed by atoms with E-state index in [-0.39, 0.29) is 11.9 Å². The van der Waals surface area contributed by atoms with Gasteiger partial charge in [-0.25, -0.2) is 4.39 Å². The molecule has 0 spiro atoms. The number of rotatable bonds is 4. The Hall–Kier alpha value is -2.44. The van der Waals surface area contributed by atoms with E-state index in [0.717, 1.165) is 56.4 Å². The van der Waals surface area contributed by atoms with Crippen molar-refractivity contribution in [3.8, 4) is 0 Å². The predicted molar refractivity (Wildman–Crippen MR) is 115 cm³/mol. The molecule has 2 aliphatic heterocycles. The Kier molecular flexibility index (Phi) is 5.21. The van der Waals surface area contributed by atoms with Crippen molar-refractivity contribution in [2.75, 3.05) is 24.5 Å². The Balaban J connectivity index is 1.32. The minimum Gasteiger partial charge on any atom is -0.372 e. The van der Waals surface area contributed by atoms with Crippen LogP contribution >= 0.6 is 0 Å². The summed E-state index contributed by atoms with van der Waals surface area (Å²) in [5.41, 5.74) is 3.93. The van der Waals surface area contributed by atoms with Gasteiger partial charge in [-0.05, 0) is 62.5 Å². The number of piperidine rings is 1. The standard InChI is InChI=1S/C24H28FN3O2/c1-2-11-28-20-6-4-3-5-17(20)14-21(24(28)29)27-12-9-16(10-13-27)23-19-8-7-18(25)15-22(19)30-26-23/h3-8,15-16,21,24,29H,2,9-14H2,1H3. The molecule has 1 saturated heterocycles. The zero-order valence-electron chi connectivity index (χ0n) is 17.3. The lowest BCUT2D eigenvalue weighted by molar-refractivity contribution is 0.0277. The summed E-state index contributed by atoms with van der Waals surface area (Å²) in [6.45, 7) is 4.82. The van der Waals surface area contributed by atoms with E-state index in [0.29, 0.717) is 11.5 Å². The Morgan fingerprint density at radius 2 is 1.97 bits per heavy atom. The van der Waals surface area contributed by atoms with Gasteiger partial charge in [0.05, 0.1) is 11.7 Å². The van der Waals surface area contributed by atoms with Gasteiger partial charge in [-0.1, -0.05) is 30.3 Å². The highest BCUT2D eigenvalue weighted by molar-refractivity contribution is 5.79. The predicted octanol–water partition coefficient (Wildman–Crippen LogP) is 4.31. The lowest BCUT2D eigenvalue weighted by Gasteiger charge is -2.47. The van der Waals surface area contributed by atoms with Gasteiger partial charge in [-0.3, -0.25) is 4.90 Å². The average molecular weight is 410 g/mol. The number of nitrogens with zero attached hydrogens (tertiary/aromatic N) is 3. The second kappa shape index (κ2) is 8.00. The summed E-state index contributed by atoms with van der Waals surface area (Å²) in [5, 5.41) is 16.4. The highest BCUT2D eigenvalue weighted by Crippen LogP contribution is 2.37. The molecule has 2 aromatic carbocycles. The summed E-state index contributed by atoms with van der Waals surface area (Å²) in [6, 6.07) is 13.2. The number of aliphatic hydroxyl groups is 1. The van der Waals surface area contributed by atoms with Crippen LogP contribution in [0.3, 0.4) is 0 Å². The zero-order valence-corrected chi connectivity index (χ0v) is 17.3. The molecular formula is C24H28FN3O2. The third-order valence-electron chi connectivity index (χ3n) is 6.71. The van der Waals surface area contributed by atoms with Gasteiger partial charge in [-0.15, -0.1) is 0 Å². The van der Waals surface area contributed by atoms with E-state index in [1.54, 1.807) is 6.07 Å². The van der Waals surface area contributed by atoms with Crippen molar-refractivity contribution in [3.05, 3.63) is 59.5 Å². The Morgan fingerprint density at radius 1 is 1.17 bits per heavy atom. The molecule has 1 aromatic heterocycles. The van der Waals surface area contributed by atoms with Gasteiger partial charge in [-0.2, -0.15) is 0 Å². The molecule has 2 atom stereocenters. The fourth-order valence-electron chi connectivity index (χ4n) is 5.19. The molecule has 0 radical (unpaired) electrons. The first kappa shape index (κ1) is 19.5. The van der Waals surface area contributed by atoms with Crippen molar-refractivity contribution in [1.82, 2.24) is 10.1 Å². The Bertz CT molecular complexity index is 1030. The normalized spacial score (nSPS) is 23.1. The molecule has 30 heavy (non-hydrogen) atoms. The first-order valence-electron chi connectivity index (χ1n) is 11.0. The van der Waals surface area contributed by atoms with Gasteiger partial charge < -0.3 is 14.5 Å². The molecule has 1 fully saturated rings. The first-order valence-corrected chi connectivity index (χ1v) is 11.0. The lowest BCUT2D eigenvalue weighted by Crippen LogP contribution is -2.57. The van der Waals surface area contributed by atoms with Crippen molar-refractivity contribution in [2.45, 2.75) is 50.8 Å². The van der Waals surface area contributed by atoms with E-state index in [9.17, 15) is 9.50 Å². The number of aliphatic hydroxyl groups excluding tert-OH is 1. The van der Waals surface area contributed by atoms with E-state index in [2.05, 4.69) is 40.1 Å².